The molecule has 1 amide bonds. The second kappa shape index (κ2) is 9.41. The van der Waals surface area contributed by atoms with Crippen molar-refractivity contribution in [1.29, 1.82) is 0 Å². The molecule has 0 aliphatic carbocycles. The number of pyridine rings is 1. The van der Waals surface area contributed by atoms with Gasteiger partial charge in [0.15, 0.2) is 0 Å². The zero-order chi connectivity index (χ0) is 21.8. The molecule has 1 aromatic heterocycles. The van der Waals surface area contributed by atoms with Gasteiger partial charge < -0.3 is 9.64 Å². The summed E-state index contributed by atoms with van der Waals surface area (Å²) in [6.45, 7) is 3.10. The van der Waals surface area contributed by atoms with E-state index in [1.54, 1.807) is 0 Å². The van der Waals surface area contributed by atoms with Crippen LogP contribution in [0.1, 0.15) is 36.8 Å². The first-order valence-corrected chi connectivity index (χ1v) is 12.0. The van der Waals surface area contributed by atoms with Crippen LogP contribution in [-0.2, 0) is 22.4 Å². The van der Waals surface area contributed by atoms with Crippen LogP contribution in [0.5, 0.6) is 0 Å². The lowest BCUT2D eigenvalue weighted by Crippen LogP contribution is -2.50. The van der Waals surface area contributed by atoms with E-state index >= 15 is 0 Å². The Morgan fingerprint density at radius 1 is 0.969 bits per heavy atom. The van der Waals surface area contributed by atoms with Crippen molar-refractivity contribution >= 4 is 16.8 Å². The number of rotatable bonds is 5. The van der Waals surface area contributed by atoms with E-state index in [-0.39, 0.29) is 5.41 Å². The minimum atomic E-state index is -0.312. The third-order valence-electron chi connectivity index (χ3n) is 7.44. The van der Waals surface area contributed by atoms with Gasteiger partial charge in [-0.25, -0.2) is 0 Å². The Bertz CT molecular complexity index is 1050. The Labute approximate surface area is 190 Å². The number of nitrogens with zero attached hydrogens (tertiary/aromatic N) is 2. The first-order chi connectivity index (χ1) is 15.7. The van der Waals surface area contributed by atoms with Crippen LogP contribution >= 0.6 is 0 Å². The van der Waals surface area contributed by atoms with E-state index < -0.39 is 0 Å². The molecular weight excluding hydrogens is 396 g/mol. The van der Waals surface area contributed by atoms with E-state index in [2.05, 4.69) is 58.4 Å². The lowest BCUT2D eigenvalue weighted by atomic mass is 9.73. The molecule has 0 atom stereocenters. The van der Waals surface area contributed by atoms with Gasteiger partial charge in [0.2, 0.25) is 5.91 Å². The van der Waals surface area contributed by atoms with Gasteiger partial charge in [0, 0.05) is 37.9 Å². The van der Waals surface area contributed by atoms with Crippen molar-refractivity contribution in [3.8, 4) is 0 Å². The van der Waals surface area contributed by atoms with Gasteiger partial charge in [-0.2, -0.15) is 0 Å². The number of likely N-dealkylation sites (tertiary alicyclic amines) is 1. The molecule has 0 N–H and O–H groups in total. The maximum Gasteiger partial charge on any atom is 0.229 e. The topological polar surface area (TPSA) is 42.4 Å². The summed E-state index contributed by atoms with van der Waals surface area (Å²) in [5.74, 6) is 0.960. The van der Waals surface area contributed by atoms with E-state index in [1.165, 1.54) is 16.5 Å². The van der Waals surface area contributed by atoms with Crippen LogP contribution in [0.2, 0.25) is 0 Å². The molecule has 2 aromatic carbocycles. The third-order valence-corrected chi connectivity index (χ3v) is 7.44. The molecule has 0 saturated carbocycles. The first kappa shape index (κ1) is 21.1. The Hall–Kier alpha value is -2.72. The molecular formula is C28H32N2O2. The molecule has 5 rings (SSSR count). The predicted octanol–water partition coefficient (Wildman–Crippen LogP) is 5.06. The largest absolute Gasteiger partial charge is 0.381 e. The van der Waals surface area contributed by atoms with Crippen molar-refractivity contribution in [2.45, 2.75) is 38.5 Å². The molecule has 2 aliphatic rings. The molecule has 0 bridgehead atoms. The smallest absolute Gasteiger partial charge is 0.229 e. The maximum absolute atomic E-state index is 13.8. The van der Waals surface area contributed by atoms with Crippen LogP contribution in [-0.4, -0.2) is 42.1 Å². The monoisotopic (exact) mass is 428 g/mol. The Morgan fingerprint density at radius 2 is 1.75 bits per heavy atom. The molecule has 2 aliphatic heterocycles. The SMILES string of the molecule is O=C(N1CCC(Cc2cccc3ncccc23)CC1)C1(Cc2ccccc2)CCOCC1. The minimum absolute atomic E-state index is 0.312. The fourth-order valence-electron chi connectivity index (χ4n) is 5.55. The molecule has 32 heavy (non-hydrogen) atoms. The standard InChI is InChI=1S/C28H32N2O2/c31-27(28(13-18-32-19-14-28)21-23-6-2-1-3-7-23)30-16-11-22(12-17-30)20-24-8-4-10-26-25(24)9-5-15-29-26/h1-10,15,22H,11-14,16-21H2. The van der Waals surface area contributed by atoms with Gasteiger partial charge in [0.1, 0.15) is 0 Å². The highest BCUT2D eigenvalue weighted by Gasteiger charge is 2.43. The Morgan fingerprint density at radius 3 is 2.53 bits per heavy atom. The van der Waals surface area contributed by atoms with Crippen molar-refractivity contribution in [1.82, 2.24) is 9.88 Å². The number of hydrogen-bond acceptors (Lipinski definition) is 3. The van der Waals surface area contributed by atoms with Gasteiger partial charge in [-0.3, -0.25) is 9.78 Å². The molecule has 2 fully saturated rings. The highest BCUT2D eigenvalue weighted by Crippen LogP contribution is 2.38. The number of piperidine rings is 1. The number of hydrogen-bond donors (Lipinski definition) is 0. The van der Waals surface area contributed by atoms with E-state index in [9.17, 15) is 4.79 Å². The summed E-state index contributed by atoms with van der Waals surface area (Å²) in [6.07, 6.45) is 7.53. The maximum atomic E-state index is 13.8. The molecule has 4 heteroatoms. The number of ether oxygens (including phenoxy) is 1. The van der Waals surface area contributed by atoms with E-state index in [1.807, 2.05) is 18.3 Å². The van der Waals surface area contributed by atoms with E-state index in [0.29, 0.717) is 25.0 Å². The van der Waals surface area contributed by atoms with Crippen LogP contribution in [0, 0.1) is 11.3 Å². The zero-order valence-electron chi connectivity index (χ0n) is 18.7. The average Bonchev–Trinajstić information content (AvgIpc) is 2.85. The summed E-state index contributed by atoms with van der Waals surface area (Å²) in [7, 11) is 0. The van der Waals surface area contributed by atoms with Gasteiger partial charge in [-0.05, 0) is 67.7 Å². The number of carbonyl (C=O) groups excluding carboxylic acids is 1. The van der Waals surface area contributed by atoms with Crippen LogP contribution in [0.4, 0.5) is 0 Å². The van der Waals surface area contributed by atoms with E-state index in [4.69, 9.17) is 4.74 Å². The molecule has 3 aromatic rings. The van der Waals surface area contributed by atoms with Crippen molar-refractivity contribution < 1.29 is 9.53 Å². The lowest BCUT2D eigenvalue weighted by Gasteiger charge is -2.42. The molecule has 2 saturated heterocycles. The van der Waals surface area contributed by atoms with Crippen molar-refractivity contribution in [2.75, 3.05) is 26.3 Å². The number of fused-ring (bicyclic) bond motifs is 1. The minimum Gasteiger partial charge on any atom is -0.381 e. The second-order valence-corrected chi connectivity index (χ2v) is 9.48. The third kappa shape index (κ3) is 4.42. The Kier molecular flexibility index (Phi) is 6.22. The van der Waals surface area contributed by atoms with Crippen molar-refractivity contribution in [2.24, 2.45) is 11.3 Å². The molecule has 4 nitrogen and oxygen atoms in total. The average molecular weight is 429 g/mol. The Balaban J connectivity index is 1.26. The first-order valence-electron chi connectivity index (χ1n) is 12.0. The fourth-order valence-corrected chi connectivity index (χ4v) is 5.55. The molecule has 0 spiro atoms. The summed E-state index contributed by atoms with van der Waals surface area (Å²) in [5, 5.41) is 1.26. The highest BCUT2D eigenvalue weighted by atomic mass is 16.5. The summed E-state index contributed by atoms with van der Waals surface area (Å²) < 4.78 is 5.64. The van der Waals surface area contributed by atoms with Gasteiger partial charge in [0.05, 0.1) is 10.9 Å². The van der Waals surface area contributed by atoms with Crippen molar-refractivity contribution in [3.63, 3.8) is 0 Å². The van der Waals surface area contributed by atoms with Crippen LogP contribution in [0.25, 0.3) is 10.9 Å². The summed E-state index contributed by atoms with van der Waals surface area (Å²) in [6, 6.07) is 21.1. The quantitative estimate of drug-likeness (QED) is 0.571. The van der Waals surface area contributed by atoms with Crippen LogP contribution in [0.3, 0.4) is 0 Å². The van der Waals surface area contributed by atoms with Crippen molar-refractivity contribution in [3.05, 3.63) is 78.0 Å². The van der Waals surface area contributed by atoms with E-state index in [0.717, 1.165) is 57.1 Å². The highest BCUT2D eigenvalue weighted by molar-refractivity contribution is 5.83. The summed E-state index contributed by atoms with van der Waals surface area (Å²) in [4.78, 5) is 20.4. The number of carbonyl (C=O) groups is 1. The van der Waals surface area contributed by atoms with Crippen LogP contribution in [0.15, 0.2) is 66.9 Å². The lowest BCUT2D eigenvalue weighted by molar-refractivity contribution is -0.149. The fraction of sp³-hybridized carbons (Fsp3) is 0.429. The van der Waals surface area contributed by atoms with Gasteiger partial charge in [-0.1, -0.05) is 48.5 Å². The number of amides is 1. The molecule has 166 valence electrons. The van der Waals surface area contributed by atoms with Gasteiger partial charge >= 0.3 is 0 Å². The zero-order valence-corrected chi connectivity index (χ0v) is 18.7. The molecule has 0 unspecified atom stereocenters. The molecule has 3 heterocycles. The normalized spacial score (nSPS) is 19.2. The predicted molar refractivity (Wildman–Crippen MR) is 127 cm³/mol. The van der Waals surface area contributed by atoms with Gasteiger partial charge in [-0.15, -0.1) is 0 Å². The summed E-state index contributed by atoms with van der Waals surface area (Å²) in [5.41, 5.74) is 3.39. The van der Waals surface area contributed by atoms with Crippen LogP contribution < -0.4 is 0 Å². The number of aromatic nitrogens is 1. The van der Waals surface area contributed by atoms with Gasteiger partial charge in [0.25, 0.3) is 0 Å². The second-order valence-electron chi connectivity index (χ2n) is 9.48. The molecule has 0 radical (unpaired) electrons. The summed E-state index contributed by atoms with van der Waals surface area (Å²) >= 11 is 0. The number of benzene rings is 2.